The second-order valence-corrected chi connectivity index (χ2v) is 9.97. The van der Waals surface area contributed by atoms with Gasteiger partial charge in [-0.25, -0.2) is 4.98 Å². The molecule has 6 aromatic rings. The minimum Gasteiger partial charge on any atom is -0.397 e. The molecule has 0 radical (unpaired) electrons. The first kappa shape index (κ1) is 25.1. The molecule has 5 nitrogen and oxygen atoms in total. The van der Waals surface area contributed by atoms with E-state index in [9.17, 15) is 0 Å². The number of fused-ring (bicyclic) bond motifs is 2. The van der Waals surface area contributed by atoms with Crippen molar-refractivity contribution in [3.8, 4) is 22.9 Å². The van der Waals surface area contributed by atoms with Gasteiger partial charge in [0.25, 0.3) is 0 Å². The predicted octanol–water partition coefficient (Wildman–Crippen LogP) is 6.62. The topological polar surface area (TPSA) is 48.5 Å². The molecule has 0 saturated carbocycles. The molecular weight excluding hydrogens is 637 g/mol. The van der Waals surface area contributed by atoms with Gasteiger partial charge in [-0.05, 0) is 48.0 Å². The summed E-state index contributed by atoms with van der Waals surface area (Å²) in [5, 5.41) is 1.09. The minimum atomic E-state index is -0.296. The van der Waals surface area contributed by atoms with Gasteiger partial charge in [-0.15, -0.1) is 23.6 Å². The van der Waals surface area contributed by atoms with E-state index in [1.165, 1.54) is 0 Å². The van der Waals surface area contributed by atoms with Crippen molar-refractivity contribution in [1.82, 2.24) is 24.1 Å². The number of hydrogen-bond donors (Lipinski definition) is 0. The van der Waals surface area contributed by atoms with Crippen LogP contribution in [0.15, 0.2) is 79.0 Å². The van der Waals surface area contributed by atoms with Crippen LogP contribution in [-0.2, 0) is 40.6 Å². The van der Waals surface area contributed by atoms with Crippen molar-refractivity contribution in [2.24, 2.45) is 14.1 Å². The van der Waals surface area contributed by atoms with E-state index in [1.807, 2.05) is 24.4 Å². The van der Waals surface area contributed by atoms with E-state index in [4.69, 9.17) is 9.97 Å². The Hall–Kier alpha value is -3.56. The first-order valence-electron chi connectivity index (χ1n) is 12.2. The molecule has 0 unspecified atom stereocenters. The molecule has 0 saturated heterocycles. The molecule has 37 heavy (non-hydrogen) atoms. The molecule has 0 atom stereocenters. The smallest absolute Gasteiger partial charge is 0.158 e. The van der Waals surface area contributed by atoms with E-state index in [1.54, 1.807) is 0 Å². The zero-order chi connectivity index (χ0) is 25.0. The zero-order valence-corrected chi connectivity index (χ0v) is 23.8. The van der Waals surface area contributed by atoms with Gasteiger partial charge in [0, 0.05) is 52.5 Å². The van der Waals surface area contributed by atoms with Crippen molar-refractivity contribution in [1.29, 1.82) is 0 Å². The van der Waals surface area contributed by atoms with Crippen LogP contribution in [-0.4, -0.2) is 24.1 Å². The first-order valence-corrected chi connectivity index (χ1v) is 12.2. The Kier molecular flexibility index (Phi) is 6.37. The fraction of sp³-hybridized carbons (Fsp3) is 0.194. The van der Waals surface area contributed by atoms with Crippen molar-refractivity contribution >= 4 is 21.9 Å². The number of benzene rings is 2. The molecule has 0 aliphatic heterocycles. The van der Waals surface area contributed by atoms with Crippen LogP contribution in [0.1, 0.15) is 30.7 Å². The van der Waals surface area contributed by atoms with Gasteiger partial charge in [0.05, 0.1) is 22.4 Å². The molecule has 6 heteroatoms. The minimum absolute atomic E-state index is 0. The van der Waals surface area contributed by atoms with E-state index in [2.05, 4.69) is 110 Å². The van der Waals surface area contributed by atoms with E-state index < -0.39 is 0 Å². The van der Waals surface area contributed by atoms with Gasteiger partial charge in [-0.2, -0.15) is 0 Å². The van der Waals surface area contributed by atoms with Crippen LogP contribution in [0.4, 0.5) is 0 Å². The second kappa shape index (κ2) is 9.39. The summed E-state index contributed by atoms with van der Waals surface area (Å²) >= 11 is 0. The maximum Gasteiger partial charge on any atom is 0.158 e. The molecule has 0 aliphatic rings. The van der Waals surface area contributed by atoms with E-state index in [0.29, 0.717) is 0 Å². The zero-order valence-electron chi connectivity index (χ0n) is 21.6. The van der Waals surface area contributed by atoms with Gasteiger partial charge in [-0.3, -0.25) is 9.97 Å². The van der Waals surface area contributed by atoms with Crippen molar-refractivity contribution < 1.29 is 21.1 Å². The number of aromatic nitrogens is 5. The normalized spacial score (nSPS) is 11.7. The van der Waals surface area contributed by atoms with Crippen LogP contribution < -0.4 is 0 Å². The van der Waals surface area contributed by atoms with E-state index in [0.717, 1.165) is 61.7 Å². The van der Waals surface area contributed by atoms with Crippen molar-refractivity contribution in [2.75, 3.05) is 0 Å². The van der Waals surface area contributed by atoms with Gasteiger partial charge in [0.15, 0.2) is 5.82 Å². The molecule has 188 valence electrons. The summed E-state index contributed by atoms with van der Waals surface area (Å²) in [5.74, 6) is 0.845. The van der Waals surface area contributed by atoms with Gasteiger partial charge >= 0.3 is 0 Å². The average molecular weight is 666 g/mol. The van der Waals surface area contributed by atoms with Crippen LogP contribution in [0.25, 0.3) is 44.8 Å². The molecule has 0 N–H and O–H groups in total. The summed E-state index contributed by atoms with van der Waals surface area (Å²) in [7, 11) is 4.13. The van der Waals surface area contributed by atoms with Gasteiger partial charge in [-0.1, -0.05) is 55.8 Å². The second-order valence-electron chi connectivity index (χ2n) is 9.97. The molecule has 0 fully saturated rings. The number of pyridine rings is 2. The third-order valence-corrected chi connectivity index (χ3v) is 7.19. The van der Waals surface area contributed by atoms with Crippen LogP contribution in [0.3, 0.4) is 0 Å². The summed E-state index contributed by atoms with van der Waals surface area (Å²) in [6.07, 6.45) is 1.85. The Morgan fingerprint density at radius 1 is 0.784 bits per heavy atom. The van der Waals surface area contributed by atoms with Gasteiger partial charge in [0.1, 0.15) is 0 Å². The predicted molar refractivity (Wildman–Crippen MR) is 146 cm³/mol. The molecule has 4 aromatic heterocycles. The quantitative estimate of drug-likeness (QED) is 0.199. The van der Waals surface area contributed by atoms with Crippen molar-refractivity contribution in [3.63, 3.8) is 0 Å². The van der Waals surface area contributed by atoms with Gasteiger partial charge < -0.3 is 9.13 Å². The van der Waals surface area contributed by atoms with Gasteiger partial charge in [0.2, 0.25) is 0 Å². The third-order valence-electron chi connectivity index (χ3n) is 7.19. The Morgan fingerprint density at radius 2 is 1.51 bits per heavy atom. The molecular formula is C31H28N5Pt-. The number of aryl methyl sites for hydroxylation is 3. The Bertz CT molecular complexity index is 1740. The summed E-state index contributed by atoms with van der Waals surface area (Å²) < 4.78 is 4.30. The Morgan fingerprint density at radius 3 is 2.27 bits per heavy atom. The first-order chi connectivity index (χ1) is 17.3. The summed E-state index contributed by atoms with van der Waals surface area (Å²) in [6.45, 7) is 6.52. The molecule has 6 rings (SSSR count). The van der Waals surface area contributed by atoms with Crippen molar-refractivity contribution in [2.45, 2.75) is 26.2 Å². The van der Waals surface area contributed by atoms with Crippen molar-refractivity contribution in [3.05, 3.63) is 102 Å². The number of hydrogen-bond acceptors (Lipinski definition) is 3. The number of rotatable bonds is 4. The standard InChI is InChI=1S/C31H28N5.Pt/c1-20-17-23(27-19-21-11-6-7-13-25(21)35(27)4)33-24(18-20)30-34-29-22(12-10-14-26(29)36(30)5)31(2,3)28-15-8-9-16-32-28;/h6-18H,1-5H3;/q-1;. The molecule has 0 spiro atoms. The molecule has 0 amide bonds. The third kappa shape index (κ3) is 4.12. The molecule has 0 bridgehead atoms. The van der Waals surface area contributed by atoms with E-state index >= 15 is 0 Å². The van der Waals surface area contributed by atoms with Crippen LogP contribution in [0.5, 0.6) is 0 Å². The Labute approximate surface area is 231 Å². The summed E-state index contributed by atoms with van der Waals surface area (Å²) in [4.78, 5) is 14.9. The summed E-state index contributed by atoms with van der Waals surface area (Å²) in [5.41, 5.74) is 8.92. The fourth-order valence-corrected chi connectivity index (χ4v) is 5.16. The monoisotopic (exact) mass is 665 g/mol. The van der Waals surface area contributed by atoms with Crippen LogP contribution in [0, 0.1) is 13.0 Å². The van der Waals surface area contributed by atoms with Crippen LogP contribution in [0.2, 0.25) is 0 Å². The average Bonchev–Trinajstić information content (AvgIpc) is 3.41. The van der Waals surface area contributed by atoms with E-state index in [-0.39, 0.29) is 26.5 Å². The SMILES string of the molecule is Cc1cc(-c2[c-]c3ccccc3n2C)nc(-c2nc3c(C(C)(C)c4ccccn4)cccc3n2C)c1.[Pt]. The fourth-order valence-electron chi connectivity index (χ4n) is 5.16. The molecule has 0 aliphatic carbocycles. The number of imidazole rings is 1. The van der Waals surface area contributed by atoms with Crippen LogP contribution >= 0.6 is 0 Å². The molecule has 4 heterocycles. The molecule has 2 aromatic carbocycles. The largest absolute Gasteiger partial charge is 0.397 e. The maximum atomic E-state index is 5.17. The maximum absolute atomic E-state index is 5.17. The number of nitrogens with zero attached hydrogens (tertiary/aromatic N) is 5. The summed E-state index contributed by atoms with van der Waals surface area (Å²) in [6, 6.07) is 28.5. The number of para-hydroxylation sites is 2. The Balaban J connectivity index is 0.00000280.